The Morgan fingerprint density at radius 2 is 1.69 bits per heavy atom. The van der Waals surface area contributed by atoms with Crippen molar-refractivity contribution in [2.75, 3.05) is 12.3 Å². The van der Waals surface area contributed by atoms with Crippen molar-refractivity contribution in [1.29, 1.82) is 0 Å². The molecule has 32 heavy (non-hydrogen) atoms. The standard InChI is InChI=1S/C21H32F3N3O3S2/c1-21(2,3)31(28)26-20(11-13-10-18(23)19(24)12-17(13)22)14-8-15-4-5-16(9-14)27(15)32(29,30)7-6-25/h10,12,14-16,20,26H,4-9,11,25H2,1-3H3/t14?,15-,16+,20-,31?/m1/s1. The second-order valence-corrected chi connectivity index (χ2v) is 13.7. The third-order valence-electron chi connectivity index (χ3n) is 6.31. The number of nitrogens with two attached hydrogens (primary N) is 1. The summed E-state index contributed by atoms with van der Waals surface area (Å²) in [6, 6.07) is 0.481. The zero-order valence-electron chi connectivity index (χ0n) is 18.6. The topological polar surface area (TPSA) is 92.5 Å². The molecule has 2 heterocycles. The van der Waals surface area contributed by atoms with E-state index in [4.69, 9.17) is 5.73 Å². The highest BCUT2D eigenvalue weighted by Gasteiger charge is 2.48. The van der Waals surface area contributed by atoms with Crippen molar-refractivity contribution >= 4 is 21.0 Å². The molecule has 6 nitrogen and oxygen atoms in total. The summed E-state index contributed by atoms with van der Waals surface area (Å²) in [6.07, 6.45) is 2.50. The van der Waals surface area contributed by atoms with Gasteiger partial charge in [0.15, 0.2) is 11.6 Å². The fourth-order valence-electron chi connectivity index (χ4n) is 4.79. The number of fused-ring (bicyclic) bond motifs is 2. The van der Waals surface area contributed by atoms with Gasteiger partial charge in [0.2, 0.25) is 10.0 Å². The predicted octanol–water partition coefficient (Wildman–Crippen LogP) is 2.60. The Morgan fingerprint density at radius 3 is 2.22 bits per heavy atom. The van der Waals surface area contributed by atoms with Gasteiger partial charge in [-0.25, -0.2) is 30.5 Å². The fourth-order valence-corrected chi connectivity index (χ4v) is 7.49. The Balaban J connectivity index is 1.87. The van der Waals surface area contributed by atoms with E-state index >= 15 is 0 Å². The van der Waals surface area contributed by atoms with Crippen LogP contribution in [0.25, 0.3) is 0 Å². The summed E-state index contributed by atoms with van der Waals surface area (Å²) in [6.45, 7) is 5.46. The molecule has 0 aromatic heterocycles. The molecule has 2 fully saturated rings. The summed E-state index contributed by atoms with van der Waals surface area (Å²) in [4.78, 5) is 0. The van der Waals surface area contributed by atoms with Gasteiger partial charge in [0.1, 0.15) is 5.82 Å². The van der Waals surface area contributed by atoms with Crippen LogP contribution in [-0.4, -0.2) is 52.1 Å². The minimum Gasteiger partial charge on any atom is -0.329 e. The smallest absolute Gasteiger partial charge is 0.215 e. The molecule has 11 heteroatoms. The summed E-state index contributed by atoms with van der Waals surface area (Å²) in [5, 5.41) is 0. The van der Waals surface area contributed by atoms with Crippen molar-refractivity contribution in [3.63, 3.8) is 0 Å². The first-order valence-electron chi connectivity index (χ1n) is 10.9. The largest absolute Gasteiger partial charge is 0.329 e. The Labute approximate surface area is 190 Å². The van der Waals surface area contributed by atoms with Crippen molar-refractivity contribution in [1.82, 2.24) is 9.03 Å². The summed E-state index contributed by atoms with van der Waals surface area (Å²) < 4.78 is 83.9. The Morgan fingerprint density at radius 1 is 1.12 bits per heavy atom. The Bertz CT molecular complexity index is 955. The fraction of sp³-hybridized carbons (Fsp3) is 0.714. The van der Waals surface area contributed by atoms with Crippen LogP contribution in [0.2, 0.25) is 0 Å². The van der Waals surface area contributed by atoms with Gasteiger partial charge in [0, 0.05) is 30.7 Å². The van der Waals surface area contributed by atoms with Crippen molar-refractivity contribution in [2.24, 2.45) is 11.7 Å². The average molecular weight is 496 g/mol. The Hall–Kier alpha value is -1.01. The second kappa shape index (κ2) is 9.69. The highest BCUT2D eigenvalue weighted by atomic mass is 32.2. The molecule has 0 saturated carbocycles. The van der Waals surface area contributed by atoms with E-state index in [1.807, 2.05) is 0 Å². The minimum absolute atomic E-state index is 0.00200. The summed E-state index contributed by atoms with van der Waals surface area (Å²) in [5.74, 6) is -3.47. The van der Waals surface area contributed by atoms with Crippen molar-refractivity contribution in [2.45, 2.75) is 75.7 Å². The van der Waals surface area contributed by atoms with E-state index in [-0.39, 0.29) is 42.3 Å². The molecule has 2 bridgehead atoms. The van der Waals surface area contributed by atoms with Crippen LogP contribution < -0.4 is 10.5 Å². The van der Waals surface area contributed by atoms with Crippen LogP contribution in [0.5, 0.6) is 0 Å². The summed E-state index contributed by atoms with van der Waals surface area (Å²) in [7, 11) is -4.94. The molecular formula is C21H32F3N3O3S2. The normalized spacial score (nSPS) is 26.3. The van der Waals surface area contributed by atoms with E-state index in [0.29, 0.717) is 18.9 Å². The first kappa shape index (κ1) is 25.6. The summed E-state index contributed by atoms with van der Waals surface area (Å²) >= 11 is 0. The van der Waals surface area contributed by atoms with Gasteiger partial charge < -0.3 is 5.73 Å². The van der Waals surface area contributed by atoms with E-state index < -0.39 is 49.2 Å². The van der Waals surface area contributed by atoms with Crippen LogP contribution in [0.1, 0.15) is 52.0 Å². The van der Waals surface area contributed by atoms with E-state index in [1.54, 1.807) is 25.1 Å². The van der Waals surface area contributed by atoms with Crippen LogP contribution in [0.3, 0.4) is 0 Å². The molecule has 0 radical (unpaired) electrons. The van der Waals surface area contributed by atoms with Crippen LogP contribution in [0.15, 0.2) is 12.1 Å². The lowest BCUT2D eigenvalue weighted by molar-refractivity contribution is 0.166. The van der Waals surface area contributed by atoms with E-state index in [0.717, 1.165) is 18.9 Å². The SMILES string of the molecule is CC(C)(C)S(=O)N[C@H](Cc1cc(F)c(F)cc1F)C1C[C@H]2CC[C@@H](C1)N2S(=O)(=O)CCN. The van der Waals surface area contributed by atoms with Gasteiger partial charge >= 0.3 is 0 Å². The van der Waals surface area contributed by atoms with Crippen LogP contribution in [-0.2, 0) is 27.4 Å². The number of nitrogens with one attached hydrogen (secondary N) is 1. The van der Waals surface area contributed by atoms with Crippen LogP contribution in [0.4, 0.5) is 13.2 Å². The average Bonchev–Trinajstić information content (AvgIpc) is 2.96. The molecule has 3 rings (SSSR count). The number of nitrogens with zero attached hydrogens (tertiary/aromatic N) is 1. The maximum Gasteiger partial charge on any atom is 0.215 e. The molecule has 1 aromatic rings. The van der Waals surface area contributed by atoms with Gasteiger partial charge in [-0.3, -0.25) is 0 Å². The number of rotatable bonds is 8. The number of benzene rings is 1. The molecule has 2 aliphatic rings. The van der Waals surface area contributed by atoms with E-state index in [1.165, 1.54) is 0 Å². The molecular weight excluding hydrogens is 463 g/mol. The van der Waals surface area contributed by atoms with Gasteiger partial charge in [0.05, 0.1) is 21.5 Å². The Kier molecular flexibility index (Phi) is 7.76. The first-order chi connectivity index (χ1) is 14.8. The van der Waals surface area contributed by atoms with Crippen LogP contribution >= 0.6 is 0 Å². The number of piperidine rings is 1. The van der Waals surface area contributed by atoms with Crippen LogP contribution in [0, 0.1) is 23.4 Å². The third-order valence-corrected chi connectivity index (χ3v) is 9.93. The minimum atomic E-state index is -3.46. The van der Waals surface area contributed by atoms with Gasteiger partial charge in [-0.05, 0) is 70.4 Å². The number of hydrogen-bond acceptors (Lipinski definition) is 4. The van der Waals surface area contributed by atoms with E-state index in [2.05, 4.69) is 4.72 Å². The quantitative estimate of drug-likeness (QED) is 0.543. The van der Waals surface area contributed by atoms with Gasteiger partial charge in [0.25, 0.3) is 0 Å². The number of sulfonamides is 1. The van der Waals surface area contributed by atoms with Crippen molar-refractivity contribution in [3.05, 3.63) is 35.1 Å². The molecule has 182 valence electrons. The first-order valence-corrected chi connectivity index (χ1v) is 13.6. The lowest BCUT2D eigenvalue weighted by Gasteiger charge is -2.41. The zero-order valence-corrected chi connectivity index (χ0v) is 20.2. The van der Waals surface area contributed by atoms with Gasteiger partial charge in [-0.2, -0.15) is 4.31 Å². The van der Waals surface area contributed by atoms with Crippen molar-refractivity contribution < 1.29 is 25.8 Å². The molecule has 2 saturated heterocycles. The molecule has 0 aliphatic carbocycles. The van der Waals surface area contributed by atoms with Gasteiger partial charge in [-0.1, -0.05) is 0 Å². The highest BCUT2D eigenvalue weighted by molar-refractivity contribution is 7.89. The molecule has 1 aromatic carbocycles. The lowest BCUT2D eigenvalue weighted by Crippen LogP contribution is -2.53. The molecule has 2 aliphatic heterocycles. The number of halogens is 3. The lowest BCUT2D eigenvalue weighted by atomic mass is 9.83. The van der Waals surface area contributed by atoms with E-state index in [9.17, 15) is 25.8 Å². The maximum atomic E-state index is 14.4. The molecule has 0 amide bonds. The monoisotopic (exact) mass is 495 g/mol. The zero-order chi connectivity index (χ0) is 23.8. The number of hydrogen-bond donors (Lipinski definition) is 2. The van der Waals surface area contributed by atoms with Crippen molar-refractivity contribution in [3.8, 4) is 0 Å². The molecule has 5 atom stereocenters. The maximum absolute atomic E-state index is 14.4. The third kappa shape index (κ3) is 5.55. The van der Waals surface area contributed by atoms with Gasteiger partial charge in [-0.15, -0.1) is 0 Å². The second-order valence-electron chi connectivity index (χ2n) is 9.72. The molecule has 3 N–H and O–H groups in total. The molecule has 0 spiro atoms. The predicted molar refractivity (Wildman–Crippen MR) is 119 cm³/mol. The summed E-state index contributed by atoms with van der Waals surface area (Å²) in [5.41, 5.74) is 5.48. The molecule has 2 unspecified atom stereocenters. The highest BCUT2D eigenvalue weighted by Crippen LogP contribution is 2.42.